The molecule has 1 N–H and O–H groups in total. The Morgan fingerprint density at radius 3 is 2.88 bits per heavy atom. The molecule has 1 aromatic rings. The molecule has 2 rings (SSSR count). The van der Waals surface area contributed by atoms with Crippen LogP contribution in [0.2, 0.25) is 0 Å². The molecule has 1 fully saturated rings. The van der Waals surface area contributed by atoms with E-state index in [-0.39, 0.29) is 5.25 Å². The highest BCUT2D eigenvalue weighted by Crippen LogP contribution is 2.19. The molecule has 1 aromatic carbocycles. The van der Waals surface area contributed by atoms with Crippen LogP contribution in [0, 0.1) is 0 Å². The van der Waals surface area contributed by atoms with Gasteiger partial charge in [0, 0.05) is 17.6 Å². The van der Waals surface area contributed by atoms with Gasteiger partial charge in [-0.25, -0.2) is 8.42 Å². The zero-order valence-electron chi connectivity index (χ0n) is 9.52. The SMILES string of the molecule is O=S1(=O)CCCC1CNCc1cccc(Br)c1. The van der Waals surface area contributed by atoms with E-state index in [0.29, 0.717) is 18.8 Å². The van der Waals surface area contributed by atoms with Crippen molar-refractivity contribution in [2.24, 2.45) is 0 Å². The molecule has 17 heavy (non-hydrogen) atoms. The Morgan fingerprint density at radius 2 is 2.24 bits per heavy atom. The first-order valence-corrected chi connectivity index (χ1v) is 8.25. The Morgan fingerprint density at radius 1 is 1.41 bits per heavy atom. The maximum Gasteiger partial charge on any atom is 0.154 e. The number of benzene rings is 1. The van der Waals surface area contributed by atoms with Crippen molar-refractivity contribution in [2.45, 2.75) is 24.6 Å². The van der Waals surface area contributed by atoms with Crippen molar-refractivity contribution in [3.63, 3.8) is 0 Å². The van der Waals surface area contributed by atoms with Gasteiger partial charge in [0.1, 0.15) is 0 Å². The van der Waals surface area contributed by atoms with Gasteiger partial charge >= 0.3 is 0 Å². The Hall–Kier alpha value is -0.390. The first kappa shape index (κ1) is 13.1. The molecule has 0 aromatic heterocycles. The van der Waals surface area contributed by atoms with Gasteiger partial charge in [0.25, 0.3) is 0 Å². The van der Waals surface area contributed by atoms with Gasteiger partial charge in [-0.15, -0.1) is 0 Å². The Balaban J connectivity index is 1.84. The smallest absolute Gasteiger partial charge is 0.154 e. The highest BCUT2D eigenvalue weighted by Gasteiger charge is 2.30. The molecular formula is C12H16BrNO2S. The van der Waals surface area contributed by atoms with E-state index < -0.39 is 9.84 Å². The lowest BCUT2D eigenvalue weighted by atomic mass is 10.2. The van der Waals surface area contributed by atoms with Crippen LogP contribution in [0.1, 0.15) is 18.4 Å². The molecule has 1 atom stereocenters. The van der Waals surface area contributed by atoms with Gasteiger partial charge in [-0.2, -0.15) is 0 Å². The van der Waals surface area contributed by atoms with Crippen LogP contribution in [0.5, 0.6) is 0 Å². The molecule has 0 radical (unpaired) electrons. The summed E-state index contributed by atoms with van der Waals surface area (Å²) in [5.74, 6) is 0.357. The van der Waals surface area contributed by atoms with E-state index >= 15 is 0 Å². The van der Waals surface area contributed by atoms with Crippen molar-refractivity contribution in [3.8, 4) is 0 Å². The van der Waals surface area contributed by atoms with Gasteiger partial charge in [-0.3, -0.25) is 0 Å². The first-order chi connectivity index (χ1) is 8.08. The lowest BCUT2D eigenvalue weighted by Crippen LogP contribution is -2.30. The number of hydrogen-bond acceptors (Lipinski definition) is 3. The zero-order valence-corrected chi connectivity index (χ0v) is 11.9. The van der Waals surface area contributed by atoms with E-state index in [0.717, 1.165) is 22.9 Å². The molecule has 0 aliphatic carbocycles. The van der Waals surface area contributed by atoms with Crippen LogP contribution in [-0.2, 0) is 16.4 Å². The topological polar surface area (TPSA) is 46.2 Å². The van der Waals surface area contributed by atoms with Gasteiger partial charge in [0.15, 0.2) is 9.84 Å². The van der Waals surface area contributed by atoms with Crippen LogP contribution in [0.25, 0.3) is 0 Å². The van der Waals surface area contributed by atoms with Crippen molar-refractivity contribution in [2.75, 3.05) is 12.3 Å². The number of hydrogen-bond donors (Lipinski definition) is 1. The molecule has 1 aliphatic heterocycles. The molecule has 1 aliphatic rings. The fraction of sp³-hybridized carbons (Fsp3) is 0.500. The monoisotopic (exact) mass is 317 g/mol. The van der Waals surface area contributed by atoms with Gasteiger partial charge in [-0.05, 0) is 30.5 Å². The van der Waals surface area contributed by atoms with Crippen LogP contribution >= 0.6 is 15.9 Å². The minimum Gasteiger partial charge on any atom is -0.311 e. The second kappa shape index (κ2) is 5.50. The second-order valence-corrected chi connectivity index (χ2v) is 7.71. The minimum atomic E-state index is -2.82. The fourth-order valence-electron chi connectivity index (χ4n) is 2.11. The second-order valence-electron chi connectivity index (χ2n) is 4.39. The lowest BCUT2D eigenvalue weighted by molar-refractivity contribution is 0.574. The molecular weight excluding hydrogens is 302 g/mol. The third-order valence-corrected chi connectivity index (χ3v) is 5.82. The molecule has 0 bridgehead atoms. The van der Waals surface area contributed by atoms with E-state index in [1.54, 1.807) is 0 Å². The molecule has 0 spiro atoms. The molecule has 1 saturated heterocycles. The predicted molar refractivity (Wildman–Crippen MR) is 72.7 cm³/mol. The van der Waals surface area contributed by atoms with Crippen LogP contribution in [-0.4, -0.2) is 26.0 Å². The summed E-state index contributed by atoms with van der Waals surface area (Å²) in [5.41, 5.74) is 1.16. The minimum absolute atomic E-state index is 0.186. The van der Waals surface area contributed by atoms with E-state index in [1.807, 2.05) is 24.3 Å². The third-order valence-electron chi connectivity index (χ3n) is 3.05. The predicted octanol–water partition coefficient (Wildman–Crippen LogP) is 2.12. The number of sulfone groups is 1. The van der Waals surface area contributed by atoms with Gasteiger partial charge in [0.05, 0.1) is 11.0 Å². The summed E-state index contributed by atoms with van der Waals surface area (Å²) in [7, 11) is -2.82. The summed E-state index contributed by atoms with van der Waals surface area (Å²) in [6, 6.07) is 8.02. The van der Waals surface area contributed by atoms with Crippen LogP contribution in [0.3, 0.4) is 0 Å². The normalized spacial score (nSPS) is 22.8. The van der Waals surface area contributed by atoms with Crippen LogP contribution in [0.15, 0.2) is 28.7 Å². The lowest BCUT2D eigenvalue weighted by Gasteiger charge is -2.10. The number of halogens is 1. The van der Waals surface area contributed by atoms with Gasteiger partial charge in [-0.1, -0.05) is 28.1 Å². The van der Waals surface area contributed by atoms with Crippen LogP contribution < -0.4 is 5.32 Å². The number of rotatable bonds is 4. The molecule has 1 unspecified atom stereocenters. The molecule has 94 valence electrons. The Kier molecular flexibility index (Phi) is 4.22. The maximum atomic E-state index is 11.6. The standard InChI is InChI=1S/C12H16BrNO2S/c13-11-4-1-3-10(7-11)8-14-9-12-5-2-6-17(12,15)16/h1,3-4,7,12,14H,2,5-6,8-9H2. The summed E-state index contributed by atoms with van der Waals surface area (Å²) < 4.78 is 24.3. The van der Waals surface area contributed by atoms with Crippen molar-refractivity contribution in [1.29, 1.82) is 0 Å². The Labute approximate surface area is 111 Å². The van der Waals surface area contributed by atoms with E-state index in [1.165, 1.54) is 0 Å². The van der Waals surface area contributed by atoms with Crippen molar-refractivity contribution < 1.29 is 8.42 Å². The van der Waals surface area contributed by atoms with Crippen molar-refractivity contribution in [3.05, 3.63) is 34.3 Å². The molecule has 5 heteroatoms. The molecule has 3 nitrogen and oxygen atoms in total. The fourth-order valence-corrected chi connectivity index (χ4v) is 4.36. The highest BCUT2D eigenvalue weighted by molar-refractivity contribution is 9.10. The molecule has 0 saturated carbocycles. The van der Waals surface area contributed by atoms with E-state index in [2.05, 4.69) is 21.2 Å². The van der Waals surface area contributed by atoms with Crippen molar-refractivity contribution in [1.82, 2.24) is 5.32 Å². The quantitative estimate of drug-likeness (QED) is 0.925. The average molecular weight is 318 g/mol. The molecule has 0 amide bonds. The average Bonchev–Trinajstić information content (AvgIpc) is 2.58. The summed E-state index contributed by atoms with van der Waals surface area (Å²) in [5, 5.41) is 3.04. The van der Waals surface area contributed by atoms with E-state index in [9.17, 15) is 8.42 Å². The highest BCUT2D eigenvalue weighted by atomic mass is 79.9. The number of nitrogens with one attached hydrogen (secondary N) is 1. The summed E-state index contributed by atoms with van der Waals surface area (Å²) >= 11 is 3.41. The largest absolute Gasteiger partial charge is 0.311 e. The summed E-state index contributed by atoms with van der Waals surface area (Å²) in [6.45, 7) is 1.28. The summed E-state index contributed by atoms with van der Waals surface area (Å²) in [4.78, 5) is 0. The van der Waals surface area contributed by atoms with Crippen molar-refractivity contribution >= 4 is 25.8 Å². The summed E-state index contributed by atoms with van der Waals surface area (Å²) in [6.07, 6.45) is 1.61. The van der Waals surface area contributed by atoms with E-state index in [4.69, 9.17) is 0 Å². The Bertz CT molecular complexity index is 487. The van der Waals surface area contributed by atoms with Crippen LogP contribution in [0.4, 0.5) is 0 Å². The van der Waals surface area contributed by atoms with Gasteiger partial charge in [0.2, 0.25) is 0 Å². The zero-order chi connectivity index (χ0) is 12.3. The third kappa shape index (κ3) is 3.53. The first-order valence-electron chi connectivity index (χ1n) is 5.75. The molecule has 1 heterocycles. The maximum absolute atomic E-state index is 11.6. The van der Waals surface area contributed by atoms with Gasteiger partial charge < -0.3 is 5.32 Å².